The first-order chi connectivity index (χ1) is 21.2. The normalized spacial score (nSPS) is 19.0. The number of piperidine rings is 1. The third kappa shape index (κ3) is 7.79. The van der Waals surface area contributed by atoms with Crippen molar-refractivity contribution in [2.24, 2.45) is 18.9 Å². The van der Waals surface area contributed by atoms with Gasteiger partial charge in [0.15, 0.2) is 5.56 Å². The van der Waals surface area contributed by atoms with Gasteiger partial charge in [-0.15, -0.1) is 0 Å². The first-order valence-electron chi connectivity index (χ1n) is 13.5. The summed E-state index contributed by atoms with van der Waals surface area (Å²) in [6, 6.07) is 8.75. The third-order valence-electron chi connectivity index (χ3n) is 7.76. The van der Waals surface area contributed by atoms with Gasteiger partial charge in [0.05, 0.1) is 5.69 Å². The van der Waals surface area contributed by atoms with Gasteiger partial charge in [-0.05, 0) is 49.1 Å². The van der Waals surface area contributed by atoms with Crippen molar-refractivity contribution >= 4 is 28.8 Å². The maximum atomic E-state index is 12.3. The highest BCUT2D eigenvalue weighted by molar-refractivity contribution is 5.92. The number of alkyl halides is 6. The van der Waals surface area contributed by atoms with E-state index in [1.54, 1.807) is 0 Å². The average Bonchev–Trinajstić information content (AvgIpc) is 3.24. The molecule has 6 N–H and O–H groups in total. The van der Waals surface area contributed by atoms with Crippen molar-refractivity contribution in [1.82, 2.24) is 19.8 Å². The summed E-state index contributed by atoms with van der Waals surface area (Å²) in [5, 5.41) is 38.4. The standard InChI is InChI=1S/C24H28N4O4.2C2HF3O2/c1-4-15-20(26-23(30)19(22(15)29)24(31)32)12-5-6-18-13(7-12)8-14(27(18)3)9-28-10-16-17(11-28)21(16)25-2;2*3-2(4,5)1(6)7/h5-8,16-17,21,25H,4,9-11H2,1-3H3,(H,31,32)(H2,26,29,30);2*(H,6,7)/t16-,17+,21-;;. The van der Waals surface area contributed by atoms with E-state index in [-0.39, 0.29) is 0 Å². The number of benzene rings is 1. The van der Waals surface area contributed by atoms with Gasteiger partial charge in [0.2, 0.25) is 0 Å². The smallest absolute Gasteiger partial charge is 0.490 e. The minimum Gasteiger partial charge on any atom is -0.506 e. The number of fused-ring (bicyclic) bond motifs is 2. The number of aromatic hydroxyl groups is 1. The van der Waals surface area contributed by atoms with E-state index in [2.05, 4.69) is 32.9 Å². The summed E-state index contributed by atoms with van der Waals surface area (Å²) < 4.78 is 65.7. The van der Waals surface area contributed by atoms with Gasteiger partial charge in [-0.25, -0.2) is 14.4 Å². The van der Waals surface area contributed by atoms with Crippen LogP contribution in [0.1, 0.15) is 28.5 Å². The highest BCUT2D eigenvalue weighted by atomic mass is 19.4. The van der Waals surface area contributed by atoms with Crippen LogP contribution in [-0.2, 0) is 29.6 Å². The molecule has 3 heterocycles. The monoisotopic (exact) mass is 664 g/mol. The van der Waals surface area contributed by atoms with Gasteiger partial charge >= 0.3 is 30.3 Å². The van der Waals surface area contributed by atoms with E-state index in [9.17, 15) is 46.1 Å². The van der Waals surface area contributed by atoms with Crippen LogP contribution in [0.15, 0.2) is 29.1 Å². The number of carboxylic acid groups (broad SMARTS) is 3. The van der Waals surface area contributed by atoms with E-state index in [1.807, 2.05) is 32.2 Å². The molecule has 0 radical (unpaired) electrons. The molecule has 252 valence electrons. The number of aromatic carboxylic acids is 1. The molecule has 0 unspecified atom stereocenters. The van der Waals surface area contributed by atoms with Crippen molar-refractivity contribution in [2.75, 3.05) is 20.1 Å². The first-order valence-corrected chi connectivity index (χ1v) is 13.5. The van der Waals surface area contributed by atoms with Crippen LogP contribution in [-0.4, -0.2) is 91.3 Å². The van der Waals surface area contributed by atoms with E-state index < -0.39 is 47.1 Å². The Morgan fingerprint density at radius 1 is 0.978 bits per heavy atom. The lowest BCUT2D eigenvalue weighted by atomic mass is 9.99. The van der Waals surface area contributed by atoms with Crippen LogP contribution in [0.25, 0.3) is 22.2 Å². The van der Waals surface area contributed by atoms with Crippen molar-refractivity contribution in [3.8, 4) is 17.0 Å². The Balaban J connectivity index is 0.000000345. The molecule has 2 fully saturated rings. The molecule has 2 aliphatic rings. The summed E-state index contributed by atoms with van der Waals surface area (Å²) in [7, 11) is 4.11. The second kappa shape index (κ2) is 13.4. The van der Waals surface area contributed by atoms with E-state index in [0.717, 1.165) is 47.9 Å². The lowest BCUT2D eigenvalue weighted by Crippen LogP contribution is -2.29. The Bertz CT molecular complexity index is 1660. The van der Waals surface area contributed by atoms with Crippen molar-refractivity contribution < 1.29 is 61.2 Å². The van der Waals surface area contributed by atoms with Crippen molar-refractivity contribution in [1.29, 1.82) is 0 Å². The van der Waals surface area contributed by atoms with Gasteiger partial charge < -0.3 is 35.3 Å². The Morgan fingerprint density at radius 3 is 1.93 bits per heavy atom. The Morgan fingerprint density at radius 2 is 1.50 bits per heavy atom. The van der Waals surface area contributed by atoms with Crippen molar-refractivity contribution in [3.05, 3.63) is 51.4 Å². The lowest BCUT2D eigenvalue weighted by molar-refractivity contribution is -0.193. The van der Waals surface area contributed by atoms with E-state index in [0.29, 0.717) is 23.7 Å². The number of carbonyl (C=O) groups is 3. The summed E-state index contributed by atoms with van der Waals surface area (Å²) in [5.74, 6) is -5.87. The second-order valence-corrected chi connectivity index (χ2v) is 10.6. The van der Waals surface area contributed by atoms with Gasteiger partial charge in [0.25, 0.3) is 5.56 Å². The van der Waals surface area contributed by atoms with Crippen LogP contribution >= 0.6 is 0 Å². The molecule has 1 aliphatic heterocycles. The van der Waals surface area contributed by atoms with Gasteiger partial charge in [-0.1, -0.05) is 13.0 Å². The predicted molar refractivity (Wildman–Crippen MR) is 149 cm³/mol. The maximum absolute atomic E-state index is 12.3. The third-order valence-corrected chi connectivity index (χ3v) is 7.76. The molecule has 18 heteroatoms. The lowest BCUT2D eigenvalue weighted by Gasteiger charge is -2.19. The van der Waals surface area contributed by atoms with Crippen molar-refractivity contribution in [2.45, 2.75) is 38.3 Å². The number of likely N-dealkylation sites (tertiary alicyclic amines) is 1. The minimum absolute atomic E-state index is 0.390. The van der Waals surface area contributed by atoms with Crippen molar-refractivity contribution in [3.63, 3.8) is 0 Å². The fourth-order valence-electron chi connectivity index (χ4n) is 5.53. The maximum Gasteiger partial charge on any atom is 0.490 e. The number of hydrogen-bond donors (Lipinski definition) is 6. The topological polar surface area (TPSA) is 185 Å². The van der Waals surface area contributed by atoms with Crippen LogP contribution in [0, 0.1) is 11.8 Å². The molecule has 46 heavy (non-hydrogen) atoms. The van der Waals surface area contributed by atoms with Crippen LogP contribution in [0.3, 0.4) is 0 Å². The number of aliphatic carboxylic acids is 2. The Hall–Kier alpha value is -4.58. The number of aromatic nitrogens is 2. The summed E-state index contributed by atoms with van der Waals surface area (Å²) in [6.45, 7) is 4.97. The number of pyridine rings is 1. The second-order valence-electron chi connectivity index (χ2n) is 10.6. The zero-order valence-corrected chi connectivity index (χ0v) is 24.5. The summed E-state index contributed by atoms with van der Waals surface area (Å²) >= 11 is 0. The van der Waals surface area contributed by atoms with Crippen LogP contribution in [0.4, 0.5) is 26.3 Å². The highest BCUT2D eigenvalue weighted by Gasteiger charge is 2.54. The average molecular weight is 665 g/mol. The number of nitrogens with zero attached hydrogens (tertiary/aromatic N) is 2. The minimum atomic E-state index is -5.08. The van der Waals surface area contributed by atoms with E-state index in [1.165, 1.54) is 5.69 Å². The molecule has 3 atom stereocenters. The van der Waals surface area contributed by atoms with Gasteiger partial charge in [0.1, 0.15) is 5.75 Å². The number of nitrogens with one attached hydrogen (secondary N) is 2. The number of halogens is 6. The molecule has 0 bridgehead atoms. The largest absolute Gasteiger partial charge is 0.506 e. The van der Waals surface area contributed by atoms with E-state index >= 15 is 0 Å². The number of rotatable bonds is 6. The molecule has 0 amide bonds. The summed E-state index contributed by atoms with van der Waals surface area (Å²) in [5.41, 5.74) is 2.54. The molecule has 1 aromatic carbocycles. The first kappa shape index (κ1) is 35.9. The molecule has 1 aliphatic carbocycles. The van der Waals surface area contributed by atoms with Crippen LogP contribution < -0.4 is 10.9 Å². The number of aryl methyl sites for hydroxylation is 1. The molecular weight excluding hydrogens is 634 g/mol. The molecule has 5 rings (SSSR count). The predicted octanol–water partition coefficient (Wildman–Crippen LogP) is 3.42. The molecule has 2 aromatic heterocycles. The quantitative estimate of drug-likeness (QED) is 0.214. The summed E-state index contributed by atoms with van der Waals surface area (Å²) in [6.07, 6.45) is -9.78. The molecular formula is C28H30F6N4O8. The summed E-state index contributed by atoms with van der Waals surface area (Å²) in [4.78, 5) is 46.7. The van der Waals surface area contributed by atoms with Crippen LogP contribution in [0.5, 0.6) is 5.75 Å². The van der Waals surface area contributed by atoms with Gasteiger partial charge in [-0.2, -0.15) is 26.3 Å². The number of carboxylic acids is 3. The van der Waals surface area contributed by atoms with Gasteiger partial charge in [0, 0.05) is 54.9 Å². The Labute approximate surface area is 255 Å². The number of aromatic amines is 1. The fourth-order valence-corrected chi connectivity index (χ4v) is 5.53. The van der Waals surface area contributed by atoms with Gasteiger partial charge in [-0.3, -0.25) is 9.69 Å². The molecule has 3 aromatic rings. The SMILES string of the molecule is CCc1c(-c2ccc3c(c2)cc(CN2C[C@@H]4[C@H](C2)[C@@H]4NC)n3C)[nH]c(=O)c(C(=O)O)c1O.O=C(O)C(F)(F)F.O=C(O)C(F)(F)F. The number of H-pyrrole nitrogens is 1. The number of hydrogen-bond acceptors (Lipinski definition) is 7. The Kier molecular flexibility index (Phi) is 10.5. The van der Waals surface area contributed by atoms with E-state index in [4.69, 9.17) is 19.8 Å². The van der Waals surface area contributed by atoms with Crippen LogP contribution in [0.2, 0.25) is 0 Å². The fraction of sp³-hybridized carbons (Fsp3) is 0.429. The molecule has 12 nitrogen and oxygen atoms in total. The molecule has 1 saturated heterocycles. The molecule has 0 spiro atoms. The zero-order chi connectivity index (χ0) is 34.9. The molecule has 1 saturated carbocycles. The highest BCUT2D eigenvalue weighted by Crippen LogP contribution is 2.45. The zero-order valence-electron chi connectivity index (χ0n) is 24.5.